The van der Waals surface area contributed by atoms with E-state index in [0.717, 1.165) is 13.1 Å². The average Bonchev–Trinajstić information content (AvgIpc) is 2.91. The molecule has 2 aliphatic rings. The smallest absolute Gasteiger partial charge is 0.0240 e. The first-order valence-corrected chi connectivity index (χ1v) is 9.60. The van der Waals surface area contributed by atoms with Crippen LogP contribution < -0.4 is 0 Å². The van der Waals surface area contributed by atoms with Gasteiger partial charge in [-0.1, -0.05) is 85.3 Å². The van der Waals surface area contributed by atoms with Crippen molar-refractivity contribution in [2.24, 2.45) is 5.92 Å². The van der Waals surface area contributed by atoms with Crippen molar-refractivity contribution in [2.45, 2.75) is 38.3 Å². The number of fused-ring (bicyclic) bond motifs is 1. The molecule has 1 fully saturated rings. The number of likely N-dealkylation sites (tertiary alicyclic amines) is 1. The van der Waals surface area contributed by atoms with Crippen LogP contribution in [0.15, 0.2) is 78.4 Å². The average molecular weight is 329 g/mol. The number of allylic oxidation sites excluding steroid dienone is 1. The Bertz CT molecular complexity index is 729. The van der Waals surface area contributed by atoms with Crippen LogP contribution in [0.3, 0.4) is 0 Å². The summed E-state index contributed by atoms with van der Waals surface area (Å²) in [7, 11) is 0. The summed E-state index contributed by atoms with van der Waals surface area (Å²) in [5.74, 6) is 0.573. The van der Waals surface area contributed by atoms with E-state index in [4.69, 9.17) is 0 Å². The van der Waals surface area contributed by atoms with Gasteiger partial charge in [-0.25, -0.2) is 0 Å². The van der Waals surface area contributed by atoms with Gasteiger partial charge in [0.1, 0.15) is 0 Å². The Hall–Kier alpha value is -2.12. The number of hydrogen-bond donors (Lipinski definition) is 0. The summed E-state index contributed by atoms with van der Waals surface area (Å²) in [5, 5.41) is 0. The SMILES string of the molecule is C1=C\[C@@H]2/C(=C\c3ccccc3)CN(Cc3ccccc3)[C@H]2CCCC/1. The Kier molecular flexibility index (Phi) is 5.13. The first kappa shape index (κ1) is 16.4. The van der Waals surface area contributed by atoms with Crippen LogP contribution >= 0.6 is 0 Å². The van der Waals surface area contributed by atoms with Crippen LogP contribution in [0.4, 0.5) is 0 Å². The fourth-order valence-corrected chi connectivity index (χ4v) is 4.30. The fourth-order valence-electron chi connectivity index (χ4n) is 4.30. The molecule has 0 bridgehead atoms. The van der Waals surface area contributed by atoms with Crippen LogP contribution in [0.5, 0.6) is 0 Å². The second-order valence-corrected chi connectivity index (χ2v) is 7.33. The molecule has 1 aliphatic heterocycles. The van der Waals surface area contributed by atoms with Gasteiger partial charge in [0.05, 0.1) is 0 Å². The van der Waals surface area contributed by atoms with Gasteiger partial charge in [-0.3, -0.25) is 4.90 Å². The van der Waals surface area contributed by atoms with Gasteiger partial charge in [0, 0.05) is 25.0 Å². The van der Waals surface area contributed by atoms with Gasteiger partial charge in [0.2, 0.25) is 0 Å². The molecule has 128 valence electrons. The predicted octanol–water partition coefficient (Wildman–Crippen LogP) is 5.70. The van der Waals surface area contributed by atoms with Gasteiger partial charge < -0.3 is 0 Å². The highest BCUT2D eigenvalue weighted by atomic mass is 15.2. The molecule has 1 heteroatoms. The molecule has 4 rings (SSSR count). The molecule has 0 N–H and O–H groups in total. The van der Waals surface area contributed by atoms with Crippen molar-refractivity contribution < 1.29 is 0 Å². The zero-order valence-corrected chi connectivity index (χ0v) is 14.9. The molecule has 0 unspecified atom stereocenters. The summed E-state index contributed by atoms with van der Waals surface area (Å²) in [5.41, 5.74) is 4.33. The second kappa shape index (κ2) is 7.84. The molecule has 1 saturated heterocycles. The maximum absolute atomic E-state index is 2.70. The standard InChI is InChI=1S/C24H27N/c1-2-10-16-24-23(15-9-1)22(17-20-11-5-3-6-12-20)19-25(24)18-21-13-7-4-8-14-21/h3-9,11-15,17,23-24H,1-2,10,16,18-19H2/b15-9-,22-17-/t23-,24+/m1/s1. The Morgan fingerprint density at radius 2 is 1.68 bits per heavy atom. The van der Waals surface area contributed by atoms with E-state index in [-0.39, 0.29) is 0 Å². The molecular formula is C24H27N. The highest BCUT2D eigenvalue weighted by Gasteiger charge is 2.36. The Morgan fingerprint density at radius 1 is 0.920 bits per heavy atom. The highest BCUT2D eigenvalue weighted by molar-refractivity contribution is 5.55. The van der Waals surface area contributed by atoms with Crippen LogP contribution in [0.25, 0.3) is 6.08 Å². The predicted molar refractivity (Wildman–Crippen MR) is 106 cm³/mol. The van der Waals surface area contributed by atoms with Crippen molar-refractivity contribution in [1.82, 2.24) is 4.90 Å². The van der Waals surface area contributed by atoms with Gasteiger partial charge in [0.15, 0.2) is 0 Å². The van der Waals surface area contributed by atoms with Crippen molar-refractivity contribution in [1.29, 1.82) is 0 Å². The molecule has 0 aromatic heterocycles. The summed E-state index contributed by atoms with van der Waals surface area (Å²) in [4.78, 5) is 2.70. The molecule has 2 atom stereocenters. The van der Waals surface area contributed by atoms with Gasteiger partial charge in [-0.05, 0) is 36.0 Å². The topological polar surface area (TPSA) is 3.24 Å². The summed E-state index contributed by atoms with van der Waals surface area (Å²) < 4.78 is 0. The van der Waals surface area contributed by atoms with Crippen molar-refractivity contribution in [3.63, 3.8) is 0 Å². The summed E-state index contributed by atoms with van der Waals surface area (Å²) in [6.07, 6.45) is 12.6. The Balaban J connectivity index is 1.63. The first-order valence-electron chi connectivity index (χ1n) is 9.60. The summed E-state index contributed by atoms with van der Waals surface area (Å²) in [6, 6.07) is 22.4. The minimum Gasteiger partial charge on any atom is -0.291 e. The van der Waals surface area contributed by atoms with Gasteiger partial charge in [-0.15, -0.1) is 0 Å². The molecule has 0 spiro atoms. The molecule has 0 amide bonds. The maximum atomic E-state index is 2.70. The van der Waals surface area contributed by atoms with Crippen molar-refractivity contribution in [2.75, 3.05) is 6.54 Å². The molecule has 1 aliphatic carbocycles. The van der Waals surface area contributed by atoms with Crippen LogP contribution in [0, 0.1) is 5.92 Å². The Morgan fingerprint density at radius 3 is 2.48 bits per heavy atom. The Labute approximate surface area is 151 Å². The zero-order chi connectivity index (χ0) is 16.9. The van der Waals surface area contributed by atoms with E-state index >= 15 is 0 Å². The third-order valence-electron chi connectivity index (χ3n) is 5.54. The van der Waals surface area contributed by atoms with E-state index in [1.165, 1.54) is 36.8 Å². The minimum absolute atomic E-state index is 0.573. The lowest BCUT2D eigenvalue weighted by molar-refractivity contribution is 0.213. The maximum Gasteiger partial charge on any atom is 0.0240 e. The van der Waals surface area contributed by atoms with Crippen LogP contribution in [0.2, 0.25) is 0 Å². The van der Waals surface area contributed by atoms with Crippen molar-refractivity contribution in [3.8, 4) is 0 Å². The van der Waals surface area contributed by atoms with E-state index < -0.39 is 0 Å². The van der Waals surface area contributed by atoms with E-state index in [1.807, 2.05) is 0 Å². The number of nitrogens with zero attached hydrogens (tertiary/aromatic N) is 1. The molecule has 1 heterocycles. The first-order chi connectivity index (χ1) is 12.4. The third-order valence-corrected chi connectivity index (χ3v) is 5.54. The summed E-state index contributed by atoms with van der Waals surface area (Å²) >= 11 is 0. The van der Waals surface area contributed by atoms with Gasteiger partial charge in [0.25, 0.3) is 0 Å². The fraction of sp³-hybridized carbons (Fsp3) is 0.333. The van der Waals surface area contributed by atoms with Crippen LogP contribution in [0.1, 0.15) is 36.8 Å². The molecule has 0 saturated carbocycles. The van der Waals surface area contributed by atoms with E-state index in [9.17, 15) is 0 Å². The number of hydrogen-bond acceptors (Lipinski definition) is 1. The molecule has 0 radical (unpaired) electrons. The van der Waals surface area contributed by atoms with Crippen LogP contribution in [-0.2, 0) is 6.54 Å². The number of benzene rings is 2. The largest absolute Gasteiger partial charge is 0.291 e. The van der Waals surface area contributed by atoms with E-state index in [1.54, 1.807) is 5.57 Å². The monoisotopic (exact) mass is 329 g/mol. The molecular weight excluding hydrogens is 302 g/mol. The van der Waals surface area contributed by atoms with Crippen LogP contribution in [-0.4, -0.2) is 17.5 Å². The normalized spacial score (nSPS) is 26.8. The van der Waals surface area contributed by atoms with E-state index in [2.05, 4.69) is 83.8 Å². The lowest BCUT2D eigenvalue weighted by Crippen LogP contribution is -2.32. The lowest BCUT2D eigenvalue weighted by atomic mass is 9.88. The molecule has 2 aromatic rings. The van der Waals surface area contributed by atoms with E-state index in [0.29, 0.717) is 12.0 Å². The lowest BCUT2D eigenvalue weighted by Gasteiger charge is -2.27. The quantitative estimate of drug-likeness (QED) is 0.653. The van der Waals surface area contributed by atoms with Gasteiger partial charge >= 0.3 is 0 Å². The van der Waals surface area contributed by atoms with Crippen molar-refractivity contribution >= 4 is 6.08 Å². The molecule has 2 aromatic carbocycles. The molecule has 1 nitrogen and oxygen atoms in total. The summed E-state index contributed by atoms with van der Waals surface area (Å²) in [6.45, 7) is 2.14. The van der Waals surface area contributed by atoms with Gasteiger partial charge in [-0.2, -0.15) is 0 Å². The van der Waals surface area contributed by atoms with Crippen molar-refractivity contribution in [3.05, 3.63) is 89.5 Å². The third kappa shape index (κ3) is 3.93. The zero-order valence-electron chi connectivity index (χ0n) is 14.9. The minimum atomic E-state index is 0.573. The number of rotatable bonds is 3. The second-order valence-electron chi connectivity index (χ2n) is 7.33. The molecule has 25 heavy (non-hydrogen) atoms. The highest BCUT2D eigenvalue weighted by Crippen LogP contribution is 2.37.